The Hall–Kier alpha value is -1.88. The summed E-state index contributed by atoms with van der Waals surface area (Å²) in [6.07, 6.45) is 1.01. The van der Waals surface area contributed by atoms with Gasteiger partial charge in [0, 0.05) is 6.54 Å². The standard InChI is InChI=1S/C15H18N4S/c1-4-11-7-6-8-12(9-11)19-14-13(16-15(19)20)10(3)17-18(14)5-2/h6-9H,4-5H2,1-3H3,(H,16,20). The maximum Gasteiger partial charge on any atom is 0.184 e. The number of hydrogen-bond donors (Lipinski definition) is 1. The van der Waals surface area contributed by atoms with Crippen LogP contribution in [-0.4, -0.2) is 19.3 Å². The zero-order valence-electron chi connectivity index (χ0n) is 12.0. The first-order chi connectivity index (χ1) is 9.65. The number of nitrogens with one attached hydrogen (secondary N) is 1. The number of nitrogens with zero attached hydrogens (tertiary/aromatic N) is 3. The van der Waals surface area contributed by atoms with Crippen LogP contribution in [0.4, 0.5) is 0 Å². The van der Waals surface area contributed by atoms with Crippen LogP contribution in [0.1, 0.15) is 25.1 Å². The van der Waals surface area contributed by atoms with Gasteiger partial charge in [0.15, 0.2) is 10.4 Å². The Labute approximate surface area is 123 Å². The minimum Gasteiger partial charge on any atom is -0.327 e. The molecule has 104 valence electrons. The monoisotopic (exact) mass is 286 g/mol. The van der Waals surface area contributed by atoms with E-state index >= 15 is 0 Å². The van der Waals surface area contributed by atoms with Crippen LogP contribution in [0.3, 0.4) is 0 Å². The van der Waals surface area contributed by atoms with E-state index in [1.165, 1.54) is 5.56 Å². The maximum atomic E-state index is 5.50. The van der Waals surface area contributed by atoms with Crippen molar-refractivity contribution >= 4 is 23.4 Å². The van der Waals surface area contributed by atoms with Gasteiger partial charge in [-0.05, 0) is 50.2 Å². The highest BCUT2D eigenvalue weighted by molar-refractivity contribution is 7.71. The highest BCUT2D eigenvalue weighted by Gasteiger charge is 2.15. The Kier molecular flexibility index (Phi) is 3.22. The second kappa shape index (κ2) is 4.90. The summed E-state index contributed by atoms with van der Waals surface area (Å²) >= 11 is 5.50. The lowest BCUT2D eigenvalue weighted by Gasteiger charge is -2.07. The van der Waals surface area contributed by atoms with Gasteiger partial charge in [-0.1, -0.05) is 19.1 Å². The molecule has 0 aliphatic rings. The molecule has 1 N–H and O–H groups in total. The summed E-state index contributed by atoms with van der Waals surface area (Å²) in [6, 6.07) is 8.49. The molecular formula is C15H18N4S. The van der Waals surface area contributed by atoms with Gasteiger partial charge >= 0.3 is 0 Å². The lowest BCUT2D eigenvalue weighted by molar-refractivity contribution is 0.661. The van der Waals surface area contributed by atoms with E-state index in [1.54, 1.807) is 0 Å². The second-order valence-corrected chi connectivity index (χ2v) is 5.28. The fourth-order valence-corrected chi connectivity index (χ4v) is 2.87. The molecule has 0 radical (unpaired) electrons. The van der Waals surface area contributed by atoms with Gasteiger partial charge < -0.3 is 4.98 Å². The van der Waals surface area contributed by atoms with E-state index in [2.05, 4.69) is 52.8 Å². The van der Waals surface area contributed by atoms with Gasteiger partial charge in [0.1, 0.15) is 5.52 Å². The van der Waals surface area contributed by atoms with Crippen LogP contribution in [0.5, 0.6) is 0 Å². The van der Waals surface area contributed by atoms with E-state index in [1.807, 2.05) is 11.6 Å². The third kappa shape index (κ3) is 1.89. The van der Waals surface area contributed by atoms with Gasteiger partial charge in [-0.25, -0.2) is 4.68 Å². The first-order valence-electron chi connectivity index (χ1n) is 6.93. The van der Waals surface area contributed by atoms with Crippen molar-refractivity contribution in [3.05, 3.63) is 40.3 Å². The average Bonchev–Trinajstić information content (AvgIpc) is 2.95. The number of benzene rings is 1. The fraction of sp³-hybridized carbons (Fsp3) is 0.333. The van der Waals surface area contributed by atoms with Crippen molar-refractivity contribution in [2.75, 3.05) is 0 Å². The van der Waals surface area contributed by atoms with Crippen molar-refractivity contribution < 1.29 is 0 Å². The number of aryl methyl sites for hydroxylation is 3. The lowest BCUT2D eigenvalue weighted by Crippen LogP contribution is -2.04. The van der Waals surface area contributed by atoms with Crippen molar-refractivity contribution in [1.82, 2.24) is 19.3 Å². The van der Waals surface area contributed by atoms with E-state index in [4.69, 9.17) is 12.2 Å². The van der Waals surface area contributed by atoms with E-state index < -0.39 is 0 Å². The van der Waals surface area contributed by atoms with Gasteiger partial charge in [-0.2, -0.15) is 5.10 Å². The van der Waals surface area contributed by atoms with Crippen molar-refractivity contribution in [2.24, 2.45) is 0 Å². The minimum atomic E-state index is 0.718. The Morgan fingerprint density at radius 2 is 2.10 bits per heavy atom. The molecule has 0 saturated heterocycles. The zero-order valence-corrected chi connectivity index (χ0v) is 12.8. The molecule has 0 aliphatic heterocycles. The number of H-pyrrole nitrogens is 1. The zero-order chi connectivity index (χ0) is 14.3. The van der Waals surface area contributed by atoms with Crippen molar-refractivity contribution in [2.45, 2.75) is 33.7 Å². The highest BCUT2D eigenvalue weighted by atomic mass is 32.1. The molecule has 5 heteroatoms. The van der Waals surface area contributed by atoms with Crippen LogP contribution >= 0.6 is 12.2 Å². The molecule has 3 aromatic rings. The molecule has 0 spiro atoms. The van der Waals surface area contributed by atoms with Crippen LogP contribution in [0.15, 0.2) is 24.3 Å². The Morgan fingerprint density at radius 3 is 2.80 bits per heavy atom. The first-order valence-corrected chi connectivity index (χ1v) is 7.34. The number of rotatable bonds is 3. The third-order valence-electron chi connectivity index (χ3n) is 3.62. The molecule has 0 amide bonds. The van der Waals surface area contributed by atoms with Crippen molar-refractivity contribution in [1.29, 1.82) is 0 Å². The molecule has 0 bridgehead atoms. The molecule has 3 rings (SSSR count). The van der Waals surface area contributed by atoms with Crippen LogP contribution in [0.2, 0.25) is 0 Å². The Bertz CT molecular complexity index is 822. The average molecular weight is 286 g/mol. The molecule has 4 nitrogen and oxygen atoms in total. The van der Waals surface area contributed by atoms with Gasteiger partial charge in [0.05, 0.1) is 11.4 Å². The summed E-state index contributed by atoms with van der Waals surface area (Å²) in [4.78, 5) is 3.28. The molecule has 0 unspecified atom stereocenters. The first kappa shape index (κ1) is 13.1. The minimum absolute atomic E-state index is 0.718. The van der Waals surface area contributed by atoms with Gasteiger partial charge in [0.2, 0.25) is 0 Å². The van der Waals surface area contributed by atoms with Gasteiger partial charge in [0.25, 0.3) is 0 Å². The third-order valence-corrected chi connectivity index (χ3v) is 3.91. The molecule has 0 fully saturated rings. The molecule has 0 saturated carbocycles. The quantitative estimate of drug-likeness (QED) is 0.744. The van der Waals surface area contributed by atoms with E-state index in [0.29, 0.717) is 0 Å². The van der Waals surface area contributed by atoms with E-state index in [9.17, 15) is 0 Å². The van der Waals surface area contributed by atoms with Crippen LogP contribution in [-0.2, 0) is 13.0 Å². The van der Waals surface area contributed by atoms with Crippen molar-refractivity contribution in [3.63, 3.8) is 0 Å². The summed E-state index contributed by atoms with van der Waals surface area (Å²) in [7, 11) is 0. The van der Waals surface area contributed by atoms with E-state index in [-0.39, 0.29) is 0 Å². The number of aromatic amines is 1. The predicted octanol–water partition coefficient (Wildman–Crippen LogP) is 3.78. The van der Waals surface area contributed by atoms with Crippen LogP contribution in [0, 0.1) is 11.7 Å². The van der Waals surface area contributed by atoms with E-state index in [0.717, 1.165) is 40.3 Å². The molecular weight excluding hydrogens is 268 g/mol. The topological polar surface area (TPSA) is 38.5 Å². The Morgan fingerprint density at radius 1 is 1.30 bits per heavy atom. The fourth-order valence-electron chi connectivity index (χ4n) is 2.58. The summed E-state index contributed by atoms with van der Waals surface area (Å²) in [5.41, 5.74) is 5.45. The summed E-state index contributed by atoms with van der Waals surface area (Å²) < 4.78 is 4.79. The smallest absolute Gasteiger partial charge is 0.184 e. The Balaban J connectivity index is 2.34. The SMILES string of the molecule is CCc1cccc(-n2c(=S)[nH]c3c(C)nn(CC)c32)c1. The van der Waals surface area contributed by atoms with Gasteiger partial charge in [-0.3, -0.25) is 4.57 Å². The van der Waals surface area contributed by atoms with Crippen LogP contribution < -0.4 is 0 Å². The summed E-state index contributed by atoms with van der Waals surface area (Å²) in [5, 5.41) is 4.56. The second-order valence-electron chi connectivity index (χ2n) is 4.89. The highest BCUT2D eigenvalue weighted by Crippen LogP contribution is 2.22. The van der Waals surface area contributed by atoms with Crippen LogP contribution in [0.25, 0.3) is 16.9 Å². The molecule has 1 aromatic carbocycles. The predicted molar refractivity (Wildman–Crippen MR) is 84.0 cm³/mol. The van der Waals surface area contributed by atoms with Crippen molar-refractivity contribution in [3.8, 4) is 5.69 Å². The molecule has 2 heterocycles. The lowest BCUT2D eigenvalue weighted by atomic mass is 10.1. The largest absolute Gasteiger partial charge is 0.327 e. The summed E-state index contributed by atoms with van der Waals surface area (Å²) in [5.74, 6) is 0. The molecule has 20 heavy (non-hydrogen) atoms. The molecule has 0 atom stereocenters. The van der Waals surface area contributed by atoms with Gasteiger partial charge in [-0.15, -0.1) is 0 Å². The number of aromatic nitrogens is 4. The molecule has 0 aliphatic carbocycles. The summed E-state index contributed by atoms with van der Waals surface area (Å²) in [6.45, 7) is 7.08. The number of hydrogen-bond acceptors (Lipinski definition) is 2. The molecule has 2 aromatic heterocycles. The number of fused-ring (bicyclic) bond motifs is 1. The number of imidazole rings is 1. The normalized spacial score (nSPS) is 11.3. The maximum absolute atomic E-state index is 5.50.